The summed E-state index contributed by atoms with van der Waals surface area (Å²) in [6.07, 6.45) is 1.18. The molecular formula is C18H27NO6S. The topological polar surface area (TPSA) is 93.1 Å². The van der Waals surface area contributed by atoms with Crippen molar-refractivity contribution < 1.29 is 27.8 Å². The number of unbranched alkanes of at least 4 members (excludes halogenated alkanes) is 1. The predicted octanol–water partition coefficient (Wildman–Crippen LogP) is 1.39. The van der Waals surface area contributed by atoms with Crippen LogP contribution < -0.4 is 9.64 Å². The maximum Gasteiger partial charge on any atom is 0.305 e. The van der Waals surface area contributed by atoms with Crippen LogP contribution in [0.4, 0.5) is 5.69 Å². The molecule has 0 amide bonds. The monoisotopic (exact) mass is 385 g/mol. The van der Waals surface area contributed by atoms with Gasteiger partial charge in [0.25, 0.3) is 0 Å². The normalized spacial score (nSPS) is 17.5. The van der Waals surface area contributed by atoms with E-state index in [1.807, 2.05) is 24.0 Å². The lowest BCUT2D eigenvalue weighted by Gasteiger charge is -2.28. The number of carbonyl (C=O) groups is 1. The SMILES string of the molecule is CCCCC(=O)OCC(O)COc1ccc(N2CCS(=O)(=O)CC2)cc1. The van der Waals surface area contributed by atoms with Crippen molar-refractivity contribution in [1.29, 1.82) is 0 Å². The molecule has 146 valence electrons. The number of carbonyl (C=O) groups excluding carboxylic acids is 1. The van der Waals surface area contributed by atoms with E-state index in [4.69, 9.17) is 9.47 Å². The summed E-state index contributed by atoms with van der Waals surface area (Å²) in [6, 6.07) is 7.28. The van der Waals surface area contributed by atoms with E-state index in [0.29, 0.717) is 25.3 Å². The Morgan fingerprint density at radius 1 is 1.19 bits per heavy atom. The zero-order valence-corrected chi connectivity index (χ0v) is 15.9. The average molecular weight is 385 g/mol. The van der Waals surface area contributed by atoms with Crippen molar-refractivity contribution in [1.82, 2.24) is 0 Å². The zero-order valence-electron chi connectivity index (χ0n) is 15.1. The first-order valence-corrected chi connectivity index (χ1v) is 10.7. The largest absolute Gasteiger partial charge is 0.491 e. The van der Waals surface area contributed by atoms with Crippen molar-refractivity contribution in [2.75, 3.05) is 42.7 Å². The van der Waals surface area contributed by atoms with Crippen LogP contribution in [0.15, 0.2) is 24.3 Å². The molecule has 0 radical (unpaired) electrons. The van der Waals surface area contributed by atoms with Crippen LogP contribution in [0.25, 0.3) is 0 Å². The second-order valence-electron chi connectivity index (χ2n) is 6.38. The highest BCUT2D eigenvalue weighted by atomic mass is 32.2. The van der Waals surface area contributed by atoms with Crippen LogP contribution in [-0.2, 0) is 19.4 Å². The van der Waals surface area contributed by atoms with E-state index in [2.05, 4.69) is 0 Å². The number of anilines is 1. The van der Waals surface area contributed by atoms with Gasteiger partial charge in [0.15, 0.2) is 9.84 Å². The summed E-state index contributed by atoms with van der Waals surface area (Å²) >= 11 is 0. The first kappa shape index (κ1) is 20.5. The molecule has 1 unspecified atom stereocenters. The fraction of sp³-hybridized carbons (Fsp3) is 0.611. The minimum Gasteiger partial charge on any atom is -0.491 e. The third-order valence-electron chi connectivity index (χ3n) is 4.16. The van der Waals surface area contributed by atoms with Crippen LogP contribution in [0.5, 0.6) is 5.75 Å². The Bertz CT molecular complexity index is 659. The molecule has 0 spiro atoms. The smallest absolute Gasteiger partial charge is 0.305 e. The number of nitrogens with zero attached hydrogens (tertiary/aromatic N) is 1. The molecule has 1 aliphatic rings. The van der Waals surface area contributed by atoms with Gasteiger partial charge < -0.3 is 19.5 Å². The quantitative estimate of drug-likeness (QED) is 0.642. The number of ether oxygens (including phenoxy) is 2. The van der Waals surface area contributed by atoms with Crippen molar-refractivity contribution in [2.24, 2.45) is 0 Å². The van der Waals surface area contributed by atoms with Gasteiger partial charge >= 0.3 is 5.97 Å². The Morgan fingerprint density at radius 3 is 2.46 bits per heavy atom. The number of rotatable bonds is 9. The Balaban J connectivity index is 1.72. The molecule has 1 atom stereocenters. The number of benzene rings is 1. The van der Waals surface area contributed by atoms with Gasteiger partial charge in [-0.15, -0.1) is 0 Å². The summed E-state index contributed by atoms with van der Waals surface area (Å²) in [6.45, 7) is 2.93. The summed E-state index contributed by atoms with van der Waals surface area (Å²) in [7, 11) is -2.90. The van der Waals surface area contributed by atoms with Gasteiger partial charge in [0.1, 0.15) is 25.1 Å². The predicted molar refractivity (Wildman–Crippen MR) is 99.3 cm³/mol. The van der Waals surface area contributed by atoms with E-state index in [9.17, 15) is 18.3 Å². The summed E-state index contributed by atoms with van der Waals surface area (Å²) in [5.41, 5.74) is 0.942. The van der Waals surface area contributed by atoms with Gasteiger partial charge in [-0.25, -0.2) is 8.42 Å². The third-order valence-corrected chi connectivity index (χ3v) is 5.77. The van der Waals surface area contributed by atoms with E-state index in [-0.39, 0.29) is 30.7 Å². The second-order valence-corrected chi connectivity index (χ2v) is 8.69. The summed E-state index contributed by atoms with van der Waals surface area (Å²) in [5.74, 6) is 0.636. The van der Waals surface area contributed by atoms with Crippen molar-refractivity contribution in [3.63, 3.8) is 0 Å². The number of sulfone groups is 1. The molecule has 26 heavy (non-hydrogen) atoms. The maximum atomic E-state index is 11.5. The van der Waals surface area contributed by atoms with E-state index >= 15 is 0 Å². The average Bonchev–Trinajstić information content (AvgIpc) is 2.63. The molecule has 1 saturated heterocycles. The first-order chi connectivity index (χ1) is 12.4. The van der Waals surface area contributed by atoms with Crippen LogP contribution in [0.2, 0.25) is 0 Å². The summed E-state index contributed by atoms with van der Waals surface area (Å²) in [4.78, 5) is 13.4. The van der Waals surface area contributed by atoms with Crippen LogP contribution >= 0.6 is 0 Å². The molecule has 0 bridgehead atoms. The standard InChI is InChI=1S/C18H27NO6S/c1-2-3-4-18(21)25-14-16(20)13-24-17-7-5-15(6-8-17)19-9-11-26(22,23)12-10-19/h5-8,16,20H,2-4,9-14H2,1H3. The molecule has 1 aromatic rings. The van der Waals surface area contributed by atoms with Crippen molar-refractivity contribution in [3.8, 4) is 5.75 Å². The second kappa shape index (κ2) is 9.78. The molecule has 0 aromatic heterocycles. The van der Waals surface area contributed by atoms with Crippen molar-refractivity contribution in [2.45, 2.75) is 32.3 Å². The minimum absolute atomic E-state index is 0.0301. The molecule has 7 nitrogen and oxygen atoms in total. The highest BCUT2D eigenvalue weighted by molar-refractivity contribution is 7.91. The summed E-state index contributed by atoms with van der Waals surface area (Å²) < 4.78 is 33.4. The fourth-order valence-electron chi connectivity index (χ4n) is 2.55. The van der Waals surface area contributed by atoms with E-state index in [0.717, 1.165) is 18.5 Å². The molecular weight excluding hydrogens is 358 g/mol. The maximum absolute atomic E-state index is 11.5. The highest BCUT2D eigenvalue weighted by Crippen LogP contribution is 2.21. The molecule has 2 rings (SSSR count). The number of hydrogen-bond acceptors (Lipinski definition) is 7. The lowest BCUT2D eigenvalue weighted by molar-refractivity contribution is -0.147. The number of aliphatic hydroxyl groups is 1. The lowest BCUT2D eigenvalue weighted by atomic mass is 10.2. The van der Waals surface area contributed by atoms with Crippen LogP contribution in [0, 0.1) is 0 Å². The highest BCUT2D eigenvalue weighted by Gasteiger charge is 2.21. The van der Waals surface area contributed by atoms with E-state index in [1.54, 1.807) is 12.1 Å². The minimum atomic E-state index is -2.90. The van der Waals surface area contributed by atoms with E-state index < -0.39 is 15.9 Å². The third kappa shape index (κ3) is 6.84. The first-order valence-electron chi connectivity index (χ1n) is 8.91. The van der Waals surface area contributed by atoms with Crippen LogP contribution in [0.1, 0.15) is 26.2 Å². The Kier molecular flexibility index (Phi) is 7.71. The number of esters is 1. The molecule has 1 N–H and O–H groups in total. The zero-order chi connectivity index (χ0) is 19.0. The Labute approximate surface area is 154 Å². The van der Waals surface area contributed by atoms with Crippen molar-refractivity contribution >= 4 is 21.5 Å². The molecule has 0 aliphatic carbocycles. The lowest BCUT2D eigenvalue weighted by Crippen LogP contribution is -2.40. The van der Waals surface area contributed by atoms with Gasteiger partial charge in [0.05, 0.1) is 11.5 Å². The molecule has 8 heteroatoms. The van der Waals surface area contributed by atoms with E-state index in [1.165, 1.54) is 0 Å². The number of hydrogen-bond donors (Lipinski definition) is 1. The van der Waals surface area contributed by atoms with Crippen LogP contribution in [-0.4, -0.2) is 63.4 Å². The van der Waals surface area contributed by atoms with Crippen molar-refractivity contribution in [3.05, 3.63) is 24.3 Å². The van der Waals surface area contributed by atoms with Gasteiger partial charge in [0.2, 0.25) is 0 Å². The molecule has 0 saturated carbocycles. The Morgan fingerprint density at radius 2 is 1.85 bits per heavy atom. The van der Waals surface area contributed by atoms with Crippen LogP contribution in [0.3, 0.4) is 0 Å². The summed E-state index contributed by atoms with van der Waals surface area (Å²) in [5, 5.41) is 9.83. The van der Waals surface area contributed by atoms with Gasteiger partial charge in [-0.05, 0) is 30.7 Å². The van der Waals surface area contributed by atoms with Gasteiger partial charge in [0, 0.05) is 25.2 Å². The molecule has 1 aromatic carbocycles. The fourth-order valence-corrected chi connectivity index (χ4v) is 3.75. The van der Waals surface area contributed by atoms with Gasteiger partial charge in [-0.3, -0.25) is 4.79 Å². The molecule has 1 heterocycles. The molecule has 1 fully saturated rings. The number of aliphatic hydroxyl groups excluding tert-OH is 1. The van der Waals surface area contributed by atoms with Gasteiger partial charge in [-0.2, -0.15) is 0 Å². The molecule has 1 aliphatic heterocycles. The van der Waals surface area contributed by atoms with Gasteiger partial charge in [-0.1, -0.05) is 13.3 Å². The Hall–Kier alpha value is -1.80.